The van der Waals surface area contributed by atoms with E-state index in [-0.39, 0.29) is 5.91 Å². The minimum absolute atomic E-state index is 0.0713. The van der Waals surface area contributed by atoms with E-state index in [9.17, 15) is 4.79 Å². The van der Waals surface area contributed by atoms with Crippen molar-refractivity contribution in [1.82, 2.24) is 5.32 Å². The summed E-state index contributed by atoms with van der Waals surface area (Å²) in [6.45, 7) is 3.47. The maximum Gasteiger partial charge on any atom is 0.237 e. The molecule has 0 bridgehead atoms. The predicted molar refractivity (Wildman–Crippen MR) is 115 cm³/mol. The van der Waals surface area contributed by atoms with Crippen LogP contribution in [0.2, 0.25) is 0 Å². The van der Waals surface area contributed by atoms with Crippen molar-refractivity contribution < 1.29 is 9.53 Å². The average molecular weight is 383 g/mol. The number of unbranched alkanes of at least 4 members (excludes halogenated alkanes) is 5. The highest BCUT2D eigenvalue weighted by Gasteiger charge is 2.13. The minimum atomic E-state index is -0.517. The van der Waals surface area contributed by atoms with Gasteiger partial charge in [0.05, 0.1) is 6.04 Å². The third kappa shape index (κ3) is 8.57. The Bertz CT molecular complexity index is 671. The Hall–Kier alpha value is -2.33. The van der Waals surface area contributed by atoms with Gasteiger partial charge in [0.15, 0.2) is 0 Å². The van der Waals surface area contributed by atoms with E-state index in [1.165, 1.54) is 32.1 Å². The Morgan fingerprint density at radius 1 is 0.929 bits per heavy atom. The van der Waals surface area contributed by atoms with Gasteiger partial charge in [0.25, 0.3) is 0 Å². The second-order valence-corrected chi connectivity index (χ2v) is 7.29. The van der Waals surface area contributed by atoms with Crippen LogP contribution in [0, 0.1) is 0 Å². The number of amides is 1. The lowest BCUT2D eigenvalue weighted by Crippen LogP contribution is -2.42. The van der Waals surface area contributed by atoms with Crippen LogP contribution < -0.4 is 15.8 Å². The molecule has 0 aliphatic heterocycles. The molecule has 4 heteroatoms. The van der Waals surface area contributed by atoms with Crippen LogP contribution in [0.15, 0.2) is 54.6 Å². The van der Waals surface area contributed by atoms with E-state index in [4.69, 9.17) is 10.5 Å². The average Bonchev–Trinajstić information content (AvgIpc) is 2.73. The zero-order valence-corrected chi connectivity index (χ0v) is 17.0. The molecular weight excluding hydrogens is 348 g/mol. The van der Waals surface area contributed by atoms with Gasteiger partial charge in [-0.15, -0.1) is 0 Å². The number of nitrogens with two attached hydrogens (primary N) is 1. The first-order valence-electron chi connectivity index (χ1n) is 10.5. The third-order valence-corrected chi connectivity index (χ3v) is 4.79. The molecule has 1 amide bonds. The zero-order valence-electron chi connectivity index (χ0n) is 17.0. The normalized spacial score (nSPS) is 11.8. The van der Waals surface area contributed by atoms with Crippen LogP contribution >= 0.6 is 0 Å². The summed E-state index contributed by atoms with van der Waals surface area (Å²) in [4.78, 5) is 12.1. The van der Waals surface area contributed by atoms with Crippen molar-refractivity contribution in [3.8, 4) is 5.75 Å². The summed E-state index contributed by atoms with van der Waals surface area (Å²) >= 11 is 0. The molecule has 0 radical (unpaired) electrons. The number of ether oxygens (including phenoxy) is 1. The van der Waals surface area contributed by atoms with Gasteiger partial charge in [-0.25, -0.2) is 0 Å². The molecule has 2 rings (SSSR count). The highest BCUT2D eigenvalue weighted by atomic mass is 16.5. The van der Waals surface area contributed by atoms with E-state index in [1.807, 2.05) is 54.6 Å². The van der Waals surface area contributed by atoms with Crippen LogP contribution in [-0.2, 0) is 17.8 Å². The number of benzene rings is 2. The van der Waals surface area contributed by atoms with Crippen LogP contribution in [0.4, 0.5) is 0 Å². The van der Waals surface area contributed by atoms with Gasteiger partial charge in [0.1, 0.15) is 12.4 Å². The highest BCUT2D eigenvalue weighted by molar-refractivity contribution is 5.81. The molecule has 0 aliphatic carbocycles. The fourth-order valence-corrected chi connectivity index (χ4v) is 3.06. The SMILES string of the molecule is CCCCCCCCNC(=O)[C@@H](N)Cc1ccc(OCc2ccccc2)cc1. The van der Waals surface area contributed by atoms with Gasteiger partial charge in [0, 0.05) is 6.54 Å². The molecule has 28 heavy (non-hydrogen) atoms. The number of hydrogen-bond donors (Lipinski definition) is 2. The molecule has 0 heterocycles. The number of rotatable bonds is 13. The minimum Gasteiger partial charge on any atom is -0.489 e. The maximum atomic E-state index is 12.1. The zero-order chi connectivity index (χ0) is 20.0. The second-order valence-electron chi connectivity index (χ2n) is 7.29. The maximum absolute atomic E-state index is 12.1. The van der Waals surface area contributed by atoms with Gasteiger partial charge in [-0.2, -0.15) is 0 Å². The number of hydrogen-bond acceptors (Lipinski definition) is 3. The van der Waals surface area contributed by atoms with Crippen molar-refractivity contribution in [1.29, 1.82) is 0 Å². The van der Waals surface area contributed by atoms with Crippen LogP contribution in [0.25, 0.3) is 0 Å². The van der Waals surface area contributed by atoms with Crippen molar-refractivity contribution in [2.75, 3.05) is 6.54 Å². The molecule has 0 fully saturated rings. The molecule has 0 spiro atoms. The third-order valence-electron chi connectivity index (χ3n) is 4.79. The van der Waals surface area contributed by atoms with Crippen LogP contribution in [0.5, 0.6) is 5.75 Å². The summed E-state index contributed by atoms with van der Waals surface area (Å²) in [7, 11) is 0. The lowest BCUT2D eigenvalue weighted by molar-refractivity contribution is -0.122. The molecule has 0 unspecified atom stereocenters. The standard InChI is InChI=1S/C24H34N2O2/c1-2-3-4-5-6-10-17-26-24(27)23(25)18-20-13-15-22(16-14-20)28-19-21-11-8-7-9-12-21/h7-9,11-16,23H,2-6,10,17-19,25H2,1H3,(H,26,27)/t23-/m0/s1. The Kier molecular flexibility index (Phi) is 10.2. The highest BCUT2D eigenvalue weighted by Crippen LogP contribution is 2.15. The largest absolute Gasteiger partial charge is 0.489 e. The topological polar surface area (TPSA) is 64.4 Å². The van der Waals surface area contributed by atoms with E-state index in [0.717, 1.165) is 23.3 Å². The summed E-state index contributed by atoms with van der Waals surface area (Å²) in [5.41, 5.74) is 8.23. The first-order chi connectivity index (χ1) is 13.7. The van der Waals surface area contributed by atoms with Gasteiger partial charge < -0.3 is 15.8 Å². The molecule has 0 aliphatic rings. The first-order valence-corrected chi connectivity index (χ1v) is 10.5. The van der Waals surface area contributed by atoms with Crippen molar-refractivity contribution in [3.05, 3.63) is 65.7 Å². The van der Waals surface area contributed by atoms with E-state index in [1.54, 1.807) is 0 Å². The Morgan fingerprint density at radius 2 is 1.61 bits per heavy atom. The molecule has 2 aromatic carbocycles. The molecule has 0 aromatic heterocycles. The molecule has 152 valence electrons. The van der Waals surface area contributed by atoms with Gasteiger partial charge in [0.2, 0.25) is 5.91 Å². The fourth-order valence-electron chi connectivity index (χ4n) is 3.06. The van der Waals surface area contributed by atoms with E-state index >= 15 is 0 Å². The molecule has 3 N–H and O–H groups in total. The van der Waals surface area contributed by atoms with Crippen molar-refractivity contribution >= 4 is 5.91 Å². The molecule has 0 saturated heterocycles. The van der Waals surface area contributed by atoms with Crippen molar-refractivity contribution in [2.24, 2.45) is 5.73 Å². The fraction of sp³-hybridized carbons (Fsp3) is 0.458. The summed E-state index contributed by atoms with van der Waals surface area (Å²) < 4.78 is 5.79. The molecule has 1 atom stereocenters. The summed E-state index contributed by atoms with van der Waals surface area (Å²) in [6, 6.07) is 17.4. The van der Waals surface area contributed by atoms with Crippen molar-refractivity contribution in [3.63, 3.8) is 0 Å². The van der Waals surface area contributed by atoms with Gasteiger partial charge >= 0.3 is 0 Å². The Morgan fingerprint density at radius 3 is 2.32 bits per heavy atom. The molecule has 2 aromatic rings. The number of carbonyl (C=O) groups excluding carboxylic acids is 1. The first kappa shape index (κ1) is 22.0. The molecule has 4 nitrogen and oxygen atoms in total. The number of nitrogens with one attached hydrogen (secondary N) is 1. The number of carbonyl (C=O) groups is 1. The predicted octanol–water partition coefficient (Wildman–Crippen LogP) is 4.61. The van der Waals surface area contributed by atoms with Crippen LogP contribution in [-0.4, -0.2) is 18.5 Å². The summed E-state index contributed by atoms with van der Waals surface area (Å²) in [5, 5.41) is 2.95. The van der Waals surface area contributed by atoms with Gasteiger partial charge in [-0.1, -0.05) is 81.5 Å². The van der Waals surface area contributed by atoms with Crippen LogP contribution in [0.1, 0.15) is 56.6 Å². The Labute approximate surface area is 169 Å². The second kappa shape index (κ2) is 12.9. The molecule has 0 saturated carbocycles. The quantitative estimate of drug-likeness (QED) is 0.497. The lowest BCUT2D eigenvalue weighted by Gasteiger charge is -2.13. The van der Waals surface area contributed by atoms with Crippen molar-refractivity contribution in [2.45, 2.75) is 64.5 Å². The van der Waals surface area contributed by atoms with E-state index in [0.29, 0.717) is 19.6 Å². The Balaban J connectivity index is 1.65. The van der Waals surface area contributed by atoms with E-state index < -0.39 is 6.04 Å². The van der Waals surface area contributed by atoms with Crippen LogP contribution in [0.3, 0.4) is 0 Å². The van der Waals surface area contributed by atoms with E-state index in [2.05, 4.69) is 12.2 Å². The van der Waals surface area contributed by atoms with Gasteiger partial charge in [-0.05, 0) is 36.1 Å². The smallest absolute Gasteiger partial charge is 0.237 e. The molecular formula is C24H34N2O2. The summed E-state index contributed by atoms with van der Waals surface area (Å²) in [6.07, 6.45) is 7.80. The summed E-state index contributed by atoms with van der Waals surface area (Å²) in [5.74, 6) is 0.742. The lowest BCUT2D eigenvalue weighted by atomic mass is 10.1. The van der Waals surface area contributed by atoms with Gasteiger partial charge in [-0.3, -0.25) is 4.79 Å². The monoisotopic (exact) mass is 382 g/mol.